The zero-order chi connectivity index (χ0) is 20.8. The van der Waals surface area contributed by atoms with E-state index in [0.29, 0.717) is 33.8 Å². The summed E-state index contributed by atoms with van der Waals surface area (Å²) in [5, 5.41) is 3.29. The number of aryl methyl sites for hydroxylation is 1. The minimum Gasteiger partial charge on any atom is -0.441 e. The second kappa shape index (κ2) is 9.58. The van der Waals surface area contributed by atoms with Crippen LogP contribution in [0.1, 0.15) is 12.3 Å². The average molecular weight is 432 g/mol. The minimum absolute atomic E-state index is 0.124. The largest absolute Gasteiger partial charge is 0.441 e. The first kappa shape index (κ1) is 20.9. The van der Waals surface area contributed by atoms with E-state index >= 15 is 0 Å². The van der Waals surface area contributed by atoms with E-state index in [-0.39, 0.29) is 18.9 Å². The highest BCUT2D eigenvalue weighted by Crippen LogP contribution is 2.29. The molecule has 2 amide bonds. The van der Waals surface area contributed by atoms with Gasteiger partial charge in [0.25, 0.3) is 0 Å². The first-order valence-electron chi connectivity index (χ1n) is 8.92. The number of hydrogen-bond acceptors (Lipinski definition) is 4. The van der Waals surface area contributed by atoms with Gasteiger partial charge in [-0.25, -0.2) is 4.98 Å². The monoisotopic (exact) mass is 431 g/mol. The Hall–Kier alpha value is -2.83. The molecule has 0 saturated carbocycles. The Morgan fingerprint density at radius 1 is 1.07 bits per heavy atom. The number of nitrogens with zero attached hydrogens (tertiary/aromatic N) is 2. The molecule has 0 fully saturated rings. The molecule has 0 radical (unpaired) electrons. The van der Waals surface area contributed by atoms with Gasteiger partial charge in [-0.3, -0.25) is 9.59 Å². The van der Waals surface area contributed by atoms with Crippen LogP contribution < -0.4 is 5.32 Å². The van der Waals surface area contributed by atoms with Crippen molar-refractivity contribution in [3.8, 4) is 11.3 Å². The molecule has 8 heteroatoms. The molecular weight excluding hydrogens is 413 g/mol. The van der Waals surface area contributed by atoms with Crippen LogP contribution in [0.15, 0.2) is 59.1 Å². The Morgan fingerprint density at radius 3 is 2.45 bits per heavy atom. The van der Waals surface area contributed by atoms with Gasteiger partial charge in [-0.1, -0.05) is 59.6 Å². The molecule has 0 aliphatic heterocycles. The predicted molar refractivity (Wildman–Crippen MR) is 113 cm³/mol. The summed E-state index contributed by atoms with van der Waals surface area (Å²) in [4.78, 5) is 30.1. The second-order valence-corrected chi connectivity index (χ2v) is 7.19. The molecule has 0 aliphatic carbocycles. The molecule has 3 aromatic rings. The van der Waals surface area contributed by atoms with E-state index in [4.69, 9.17) is 27.6 Å². The maximum absolute atomic E-state index is 12.3. The van der Waals surface area contributed by atoms with Crippen LogP contribution in [0.2, 0.25) is 10.0 Å². The highest BCUT2D eigenvalue weighted by molar-refractivity contribution is 6.39. The molecular formula is C21H19Cl2N3O3. The van der Waals surface area contributed by atoms with Gasteiger partial charge in [-0.2, -0.15) is 0 Å². The Kier molecular flexibility index (Phi) is 6.90. The average Bonchev–Trinajstić information content (AvgIpc) is 3.19. The number of likely N-dealkylation sites (N-methyl/N-ethyl adjacent to an activating group) is 1. The Morgan fingerprint density at radius 2 is 1.76 bits per heavy atom. The third-order valence-corrected chi connectivity index (χ3v) is 4.83. The fraction of sp³-hybridized carbons (Fsp3) is 0.190. The van der Waals surface area contributed by atoms with Crippen LogP contribution in [0.4, 0.5) is 5.69 Å². The summed E-state index contributed by atoms with van der Waals surface area (Å²) < 4.78 is 5.70. The molecule has 29 heavy (non-hydrogen) atoms. The number of carbonyl (C=O) groups excluding carboxylic acids is 2. The van der Waals surface area contributed by atoms with E-state index in [1.807, 2.05) is 30.3 Å². The van der Waals surface area contributed by atoms with E-state index in [9.17, 15) is 9.59 Å². The molecule has 150 valence electrons. The molecule has 0 atom stereocenters. The SMILES string of the molecule is CN(CC(=O)Nc1c(Cl)cccc1Cl)C(=O)CCc1ncc(-c2ccccc2)o1. The smallest absolute Gasteiger partial charge is 0.244 e. The minimum atomic E-state index is -0.390. The van der Waals surface area contributed by atoms with Crippen molar-refractivity contribution < 1.29 is 14.0 Å². The fourth-order valence-electron chi connectivity index (χ4n) is 2.67. The van der Waals surface area contributed by atoms with Crippen molar-refractivity contribution in [3.63, 3.8) is 0 Å². The third kappa shape index (κ3) is 5.59. The number of para-hydroxylation sites is 1. The summed E-state index contributed by atoms with van der Waals surface area (Å²) in [5.74, 6) is 0.526. The van der Waals surface area contributed by atoms with Gasteiger partial charge in [0.05, 0.1) is 28.5 Å². The van der Waals surface area contributed by atoms with Crippen LogP contribution in [-0.2, 0) is 16.0 Å². The quantitative estimate of drug-likeness (QED) is 0.589. The summed E-state index contributed by atoms with van der Waals surface area (Å²) in [6.07, 6.45) is 2.15. The van der Waals surface area contributed by atoms with Crippen molar-refractivity contribution in [2.75, 3.05) is 18.9 Å². The van der Waals surface area contributed by atoms with Crippen LogP contribution >= 0.6 is 23.2 Å². The maximum Gasteiger partial charge on any atom is 0.244 e. The molecule has 0 unspecified atom stereocenters. The number of nitrogens with one attached hydrogen (secondary N) is 1. The molecule has 6 nitrogen and oxygen atoms in total. The van der Waals surface area contributed by atoms with Crippen molar-refractivity contribution >= 4 is 40.7 Å². The number of rotatable bonds is 7. The van der Waals surface area contributed by atoms with Gasteiger partial charge in [0.1, 0.15) is 0 Å². The van der Waals surface area contributed by atoms with Crippen molar-refractivity contribution in [2.45, 2.75) is 12.8 Å². The number of amides is 2. The first-order valence-corrected chi connectivity index (χ1v) is 9.67. The molecule has 1 N–H and O–H groups in total. The van der Waals surface area contributed by atoms with Gasteiger partial charge in [-0.05, 0) is 12.1 Å². The molecule has 1 heterocycles. The maximum atomic E-state index is 12.3. The second-order valence-electron chi connectivity index (χ2n) is 6.38. The number of oxazole rings is 1. The van der Waals surface area contributed by atoms with Gasteiger partial charge in [0, 0.05) is 25.5 Å². The number of hydrogen-bond donors (Lipinski definition) is 1. The van der Waals surface area contributed by atoms with E-state index < -0.39 is 5.91 Å². The molecule has 3 rings (SSSR count). The Labute approximate surface area is 178 Å². The topological polar surface area (TPSA) is 75.4 Å². The predicted octanol–water partition coefficient (Wildman–Crippen LogP) is 4.68. The number of anilines is 1. The molecule has 0 saturated heterocycles. The van der Waals surface area contributed by atoms with Crippen LogP contribution in [0.25, 0.3) is 11.3 Å². The summed E-state index contributed by atoms with van der Waals surface area (Å²) in [5.41, 5.74) is 1.25. The van der Waals surface area contributed by atoms with Crippen LogP contribution in [0, 0.1) is 0 Å². The lowest BCUT2D eigenvalue weighted by atomic mass is 10.2. The van der Waals surface area contributed by atoms with E-state index in [1.54, 1.807) is 31.4 Å². The summed E-state index contributed by atoms with van der Waals surface area (Å²) in [6, 6.07) is 14.5. The van der Waals surface area contributed by atoms with Gasteiger partial charge < -0.3 is 14.6 Å². The molecule has 0 aliphatic rings. The van der Waals surface area contributed by atoms with E-state index in [2.05, 4.69) is 10.3 Å². The normalized spacial score (nSPS) is 10.6. The summed E-state index contributed by atoms with van der Waals surface area (Å²) in [7, 11) is 1.56. The zero-order valence-electron chi connectivity index (χ0n) is 15.7. The fourth-order valence-corrected chi connectivity index (χ4v) is 3.16. The van der Waals surface area contributed by atoms with Gasteiger partial charge in [0.15, 0.2) is 11.7 Å². The van der Waals surface area contributed by atoms with Gasteiger partial charge in [-0.15, -0.1) is 0 Å². The third-order valence-electron chi connectivity index (χ3n) is 4.20. The van der Waals surface area contributed by atoms with Crippen molar-refractivity contribution in [1.29, 1.82) is 0 Å². The van der Waals surface area contributed by atoms with Crippen LogP contribution in [-0.4, -0.2) is 35.3 Å². The standard InChI is InChI=1S/C21H19Cl2N3O3/c1-26(13-18(27)25-21-15(22)8-5-9-16(21)23)20(28)11-10-19-24-12-17(29-19)14-6-3-2-4-7-14/h2-9,12H,10-11,13H2,1H3,(H,25,27). The van der Waals surface area contributed by atoms with Gasteiger partial charge in [0.2, 0.25) is 11.8 Å². The number of carbonyl (C=O) groups is 2. The van der Waals surface area contributed by atoms with Crippen LogP contribution in [0.5, 0.6) is 0 Å². The summed E-state index contributed by atoms with van der Waals surface area (Å²) in [6.45, 7) is -0.124. The highest BCUT2D eigenvalue weighted by Gasteiger charge is 2.16. The molecule has 0 bridgehead atoms. The Balaban J connectivity index is 1.50. The summed E-state index contributed by atoms with van der Waals surface area (Å²) >= 11 is 12.1. The van der Waals surface area contributed by atoms with Crippen LogP contribution in [0.3, 0.4) is 0 Å². The molecule has 2 aromatic carbocycles. The lowest BCUT2D eigenvalue weighted by molar-refractivity contribution is -0.133. The first-order chi connectivity index (χ1) is 13.9. The van der Waals surface area contributed by atoms with Crippen molar-refractivity contribution in [1.82, 2.24) is 9.88 Å². The van der Waals surface area contributed by atoms with E-state index in [1.165, 1.54) is 4.90 Å². The zero-order valence-corrected chi connectivity index (χ0v) is 17.2. The number of aromatic nitrogens is 1. The lowest BCUT2D eigenvalue weighted by Crippen LogP contribution is -2.35. The number of halogens is 2. The number of benzene rings is 2. The lowest BCUT2D eigenvalue weighted by Gasteiger charge is -2.17. The highest BCUT2D eigenvalue weighted by atomic mass is 35.5. The van der Waals surface area contributed by atoms with E-state index in [0.717, 1.165) is 5.56 Å². The molecule has 1 aromatic heterocycles. The van der Waals surface area contributed by atoms with Gasteiger partial charge >= 0.3 is 0 Å². The Bertz CT molecular complexity index is 985. The van der Waals surface area contributed by atoms with Crippen molar-refractivity contribution in [2.24, 2.45) is 0 Å². The van der Waals surface area contributed by atoms with Crippen molar-refractivity contribution in [3.05, 3.63) is 70.7 Å². The molecule has 0 spiro atoms.